The first-order valence-electron chi connectivity index (χ1n) is 7.60. The Morgan fingerprint density at radius 2 is 2.12 bits per heavy atom. The van der Waals surface area contributed by atoms with Crippen LogP contribution in [-0.2, 0) is 20.9 Å². The Morgan fingerprint density at radius 3 is 2.83 bits per heavy atom. The third-order valence-corrected chi connectivity index (χ3v) is 4.70. The maximum Gasteiger partial charge on any atom is 0.326 e. The van der Waals surface area contributed by atoms with Crippen LogP contribution < -0.4 is 0 Å². The topological polar surface area (TPSA) is 79.8 Å². The molecule has 8 heteroatoms. The first-order valence-corrected chi connectivity index (χ1v) is 8.42. The van der Waals surface area contributed by atoms with E-state index in [0.717, 1.165) is 15.2 Å². The predicted molar refractivity (Wildman–Crippen MR) is 88.4 cm³/mol. The molecule has 1 aromatic heterocycles. The van der Waals surface area contributed by atoms with Crippen molar-refractivity contribution in [3.05, 3.63) is 29.3 Å². The molecule has 3 rings (SSSR count). The van der Waals surface area contributed by atoms with Crippen LogP contribution in [0.5, 0.6) is 0 Å². The quantitative estimate of drug-likeness (QED) is 0.590. The number of amides is 3. The molecule has 3 amide bonds. The molecule has 0 aliphatic carbocycles. The molecular formula is C16H17N3O4S. The van der Waals surface area contributed by atoms with Crippen LogP contribution >= 0.6 is 11.3 Å². The van der Waals surface area contributed by atoms with Crippen molar-refractivity contribution in [1.82, 2.24) is 14.8 Å². The standard InChI is InChI=1S/C16H17N3O4S/c1-18-9-14(20)19(16(18)22)8-4-7-15(21)23-10-13-17-11-5-2-3-6-12(11)24-13/h2-3,5-6H,4,7-10H2,1H3. The van der Waals surface area contributed by atoms with Gasteiger partial charge in [-0.25, -0.2) is 9.78 Å². The first kappa shape index (κ1) is 16.4. The van der Waals surface area contributed by atoms with Crippen molar-refractivity contribution in [3.63, 3.8) is 0 Å². The van der Waals surface area contributed by atoms with Gasteiger partial charge in [-0.05, 0) is 18.6 Å². The number of likely N-dealkylation sites (N-methyl/N-ethyl adjacent to an activating group) is 1. The molecule has 2 heterocycles. The lowest BCUT2D eigenvalue weighted by Crippen LogP contribution is -2.32. The van der Waals surface area contributed by atoms with Gasteiger partial charge in [0.2, 0.25) is 5.91 Å². The van der Waals surface area contributed by atoms with E-state index in [9.17, 15) is 14.4 Å². The highest BCUT2D eigenvalue weighted by Gasteiger charge is 2.32. The lowest BCUT2D eigenvalue weighted by molar-refractivity contribution is -0.145. The molecule has 1 aliphatic heterocycles. The number of fused-ring (bicyclic) bond motifs is 1. The third kappa shape index (κ3) is 3.53. The number of aromatic nitrogens is 1. The van der Waals surface area contributed by atoms with Crippen molar-refractivity contribution in [1.29, 1.82) is 0 Å². The second-order valence-electron chi connectivity index (χ2n) is 5.52. The van der Waals surface area contributed by atoms with Gasteiger partial charge >= 0.3 is 12.0 Å². The summed E-state index contributed by atoms with van der Waals surface area (Å²) in [5.41, 5.74) is 0.892. The zero-order chi connectivity index (χ0) is 17.1. The van der Waals surface area contributed by atoms with Gasteiger partial charge in [0.25, 0.3) is 0 Å². The van der Waals surface area contributed by atoms with E-state index in [1.165, 1.54) is 21.1 Å². The molecule has 0 spiro atoms. The van der Waals surface area contributed by atoms with E-state index in [2.05, 4.69) is 4.98 Å². The summed E-state index contributed by atoms with van der Waals surface area (Å²) in [6, 6.07) is 7.42. The van der Waals surface area contributed by atoms with Crippen LogP contribution in [0.3, 0.4) is 0 Å². The minimum Gasteiger partial charge on any atom is -0.458 e. The molecule has 0 radical (unpaired) electrons. The van der Waals surface area contributed by atoms with Crippen molar-refractivity contribution >= 4 is 39.5 Å². The van der Waals surface area contributed by atoms with E-state index < -0.39 is 0 Å². The van der Waals surface area contributed by atoms with Crippen molar-refractivity contribution < 1.29 is 19.1 Å². The van der Waals surface area contributed by atoms with Crippen LogP contribution in [0, 0.1) is 0 Å². The molecule has 2 aromatic rings. The van der Waals surface area contributed by atoms with Crippen LogP contribution in [0.4, 0.5) is 4.79 Å². The maximum absolute atomic E-state index is 11.8. The lowest BCUT2D eigenvalue weighted by atomic mass is 10.3. The minimum absolute atomic E-state index is 0.0981. The normalized spacial score (nSPS) is 14.7. The molecule has 0 saturated carbocycles. The molecule has 1 aromatic carbocycles. The molecule has 1 saturated heterocycles. The second kappa shape index (κ2) is 6.96. The number of thiazole rings is 1. The number of urea groups is 1. The fraction of sp³-hybridized carbons (Fsp3) is 0.375. The van der Waals surface area contributed by atoms with E-state index in [1.807, 2.05) is 24.3 Å². The molecule has 126 valence electrons. The summed E-state index contributed by atoms with van der Waals surface area (Å²) in [4.78, 5) is 42.0. The molecule has 0 unspecified atom stereocenters. The van der Waals surface area contributed by atoms with E-state index in [-0.39, 0.29) is 44.0 Å². The van der Waals surface area contributed by atoms with Gasteiger partial charge in [0, 0.05) is 20.0 Å². The highest BCUT2D eigenvalue weighted by Crippen LogP contribution is 2.22. The van der Waals surface area contributed by atoms with E-state index >= 15 is 0 Å². The van der Waals surface area contributed by atoms with Crippen LogP contribution in [0.2, 0.25) is 0 Å². The van der Waals surface area contributed by atoms with Crippen LogP contribution in [-0.4, -0.2) is 52.8 Å². The first-order chi connectivity index (χ1) is 11.5. The number of benzene rings is 1. The number of imide groups is 1. The van der Waals surface area contributed by atoms with Crippen molar-refractivity contribution in [2.75, 3.05) is 20.1 Å². The molecule has 7 nitrogen and oxygen atoms in total. The lowest BCUT2D eigenvalue weighted by Gasteiger charge is -2.13. The Hall–Kier alpha value is -2.48. The number of para-hydroxylation sites is 1. The number of esters is 1. The minimum atomic E-state index is -0.360. The number of carbonyl (C=O) groups is 3. The summed E-state index contributed by atoms with van der Waals surface area (Å²) in [5.74, 6) is -0.591. The monoisotopic (exact) mass is 347 g/mol. The maximum atomic E-state index is 11.8. The number of nitrogens with zero attached hydrogens (tertiary/aromatic N) is 3. The number of ether oxygens (including phenoxy) is 1. The van der Waals surface area contributed by atoms with Gasteiger partial charge in [-0.1, -0.05) is 12.1 Å². The van der Waals surface area contributed by atoms with Gasteiger partial charge < -0.3 is 9.64 Å². The number of hydrogen-bond donors (Lipinski definition) is 0. The average molecular weight is 347 g/mol. The molecule has 1 aliphatic rings. The van der Waals surface area contributed by atoms with Crippen molar-refractivity contribution in [3.8, 4) is 0 Å². The number of hydrogen-bond acceptors (Lipinski definition) is 6. The van der Waals surface area contributed by atoms with Gasteiger partial charge in [0.05, 0.1) is 10.2 Å². The van der Waals surface area contributed by atoms with Crippen LogP contribution in [0.25, 0.3) is 10.2 Å². The van der Waals surface area contributed by atoms with Crippen LogP contribution in [0.1, 0.15) is 17.8 Å². The second-order valence-corrected chi connectivity index (χ2v) is 6.64. The van der Waals surface area contributed by atoms with Crippen LogP contribution in [0.15, 0.2) is 24.3 Å². The van der Waals surface area contributed by atoms with Gasteiger partial charge in [0.15, 0.2) is 0 Å². The number of carbonyl (C=O) groups excluding carboxylic acids is 3. The zero-order valence-electron chi connectivity index (χ0n) is 13.2. The molecule has 1 fully saturated rings. The van der Waals surface area contributed by atoms with E-state index in [0.29, 0.717) is 6.42 Å². The molecular weight excluding hydrogens is 330 g/mol. The Balaban J connectivity index is 1.43. The smallest absolute Gasteiger partial charge is 0.326 e. The number of rotatable bonds is 6. The van der Waals surface area contributed by atoms with E-state index in [1.54, 1.807) is 7.05 Å². The fourth-order valence-corrected chi connectivity index (χ4v) is 3.35. The van der Waals surface area contributed by atoms with Crippen molar-refractivity contribution in [2.24, 2.45) is 0 Å². The summed E-state index contributed by atoms with van der Waals surface area (Å²) in [7, 11) is 1.58. The van der Waals surface area contributed by atoms with Gasteiger partial charge in [-0.15, -0.1) is 11.3 Å². The highest BCUT2D eigenvalue weighted by atomic mass is 32.1. The molecule has 0 atom stereocenters. The van der Waals surface area contributed by atoms with Crippen molar-refractivity contribution in [2.45, 2.75) is 19.4 Å². The summed E-state index contributed by atoms with van der Waals surface area (Å²) >= 11 is 1.49. The predicted octanol–water partition coefficient (Wildman–Crippen LogP) is 2.01. The van der Waals surface area contributed by atoms with Gasteiger partial charge in [-0.3, -0.25) is 14.5 Å². The highest BCUT2D eigenvalue weighted by molar-refractivity contribution is 7.18. The van der Waals surface area contributed by atoms with Gasteiger partial charge in [0.1, 0.15) is 18.2 Å². The molecule has 0 N–H and O–H groups in total. The van der Waals surface area contributed by atoms with Gasteiger partial charge in [-0.2, -0.15) is 0 Å². The summed E-state index contributed by atoms with van der Waals surface area (Å²) in [6.45, 7) is 0.474. The molecule has 0 bridgehead atoms. The van der Waals surface area contributed by atoms with E-state index in [4.69, 9.17) is 4.74 Å². The Labute approximate surface area is 142 Å². The summed E-state index contributed by atoms with van der Waals surface area (Å²) < 4.78 is 6.26. The Kier molecular flexibility index (Phi) is 4.75. The summed E-state index contributed by atoms with van der Waals surface area (Å²) in [6.07, 6.45) is 0.551. The largest absolute Gasteiger partial charge is 0.458 e. The molecule has 24 heavy (non-hydrogen) atoms. The fourth-order valence-electron chi connectivity index (χ4n) is 2.47. The zero-order valence-corrected chi connectivity index (χ0v) is 14.0. The average Bonchev–Trinajstić information content (AvgIpc) is 3.08. The Bertz CT molecular complexity index is 755. The SMILES string of the molecule is CN1CC(=O)N(CCCC(=O)OCc2nc3ccccc3s2)C1=O. The summed E-state index contributed by atoms with van der Waals surface area (Å²) in [5, 5.41) is 0.746. The Morgan fingerprint density at radius 1 is 1.33 bits per heavy atom. The third-order valence-electron chi connectivity index (χ3n) is 3.69.